The Morgan fingerprint density at radius 1 is 0.411 bits per heavy atom. The van der Waals surface area contributed by atoms with Gasteiger partial charge in [0.1, 0.15) is 36.6 Å². The summed E-state index contributed by atoms with van der Waals surface area (Å²) in [6.45, 7) is 21.5. The molecule has 0 aromatic heterocycles. The maximum Gasteiger partial charge on any atom is 0.470 e. The minimum Gasteiger partial charge on any atom is -0.480 e. The van der Waals surface area contributed by atoms with E-state index in [1.807, 2.05) is 0 Å². The summed E-state index contributed by atoms with van der Waals surface area (Å²) in [4.78, 5) is 119. The molecule has 22 nitrogen and oxygen atoms in total. The molecule has 1 heterocycles. The lowest BCUT2D eigenvalue weighted by molar-refractivity contribution is -0.894. The van der Waals surface area contributed by atoms with Crippen LogP contribution in [-0.2, 0) is 71.1 Å². The maximum absolute atomic E-state index is 14.8. The average Bonchev–Trinajstić information content (AvgIpc) is 0.780. The Morgan fingerprint density at radius 2 is 0.720 bits per heavy atom. The van der Waals surface area contributed by atoms with Gasteiger partial charge in [0.05, 0.1) is 52.1 Å². The normalized spacial score (nSPS) is 17.0. The predicted octanol–water partition coefficient (Wildman–Crippen LogP) is 18.0. The number of quaternary nitrogens is 1. The third-order valence-corrected chi connectivity index (χ3v) is 21.0. The van der Waals surface area contributed by atoms with Crippen LogP contribution in [0.25, 0.3) is 0 Å². The lowest BCUT2D eigenvalue weighted by Crippen LogP contribution is -3.11. The SMILES string of the molecule is CCCCCCCCCCC[C@H](CC(=O)N[C@H]1[C@H](OC[C@H](NC(=O)C[C@@H](CCCCCCCCCCC)OC(=O)CCCCCCCC)C(=O)O)O[C@H](CO)[C@@H](OP(=O)(O)O)[C@@H]1OC(=O)C[C@@H](CCCCCCCCCCC)OC(=O)CCCCCCCC)OC(=O)CCCCCCCC.CC[NH+](CC)CC. The number of carboxylic acid groups (broad SMARTS) is 1. The minimum atomic E-state index is -5.56. The van der Waals surface area contributed by atoms with E-state index in [4.69, 9.17) is 32.9 Å². The second-order valence-corrected chi connectivity index (χ2v) is 31.5. The highest BCUT2D eigenvalue weighted by Gasteiger charge is 2.52. The molecule has 107 heavy (non-hydrogen) atoms. The van der Waals surface area contributed by atoms with Crippen molar-refractivity contribution in [2.45, 2.75) is 464 Å². The summed E-state index contributed by atoms with van der Waals surface area (Å²) in [5.74, 6) is -5.56. The molecule has 1 aliphatic rings. The first kappa shape index (κ1) is 103. The molecule has 0 aliphatic carbocycles. The number of hydrogen-bond acceptors (Lipinski definition) is 16. The van der Waals surface area contributed by atoms with E-state index >= 15 is 0 Å². The van der Waals surface area contributed by atoms with Crippen molar-refractivity contribution in [3.63, 3.8) is 0 Å². The Bertz CT molecular complexity index is 2220. The number of carbonyl (C=O) groups excluding carboxylic acids is 6. The Kier molecular flexibility index (Phi) is 68.8. The summed E-state index contributed by atoms with van der Waals surface area (Å²) in [6.07, 6.45) is 34.4. The molecule has 0 unspecified atom stereocenters. The van der Waals surface area contributed by atoms with Gasteiger partial charge in [0, 0.05) is 19.3 Å². The standard InChI is InChI=1S/C78H145N2O19P.C6H15N/c1-7-13-19-25-31-34-37-40-46-52-63(94-70(84)55-49-43-28-22-16-10-4)58-68(82)79-66(77(88)89)62-93-78-74(80-69(83)59-64(53-47-41-38-35-32-26-20-14-8-2)95-71(85)56-50-44-29-23-17-11-5)76(75(67(61-81)97-78)99-100(90,91)92)98-73(87)60-65(54-48-42-39-36-33-27-21-15-9-3)96-72(86)57-51-45-30-24-18-12-6;1-4-7(5-2)6-3/h63-67,74-76,78,81H,7-62H2,1-6H3,(H,79,82)(H,80,83)(H,88,89)(H2,90,91,92);4-6H2,1-3H3/p+1/t63-,64-,65-,66+,67-,74-,75-,76-,78-;/m1./s1. The van der Waals surface area contributed by atoms with E-state index in [1.165, 1.54) is 64.6 Å². The zero-order valence-electron chi connectivity index (χ0n) is 69.3. The number of phosphoric acid groups is 1. The first-order valence-corrected chi connectivity index (χ1v) is 45.3. The molecule has 0 spiro atoms. The van der Waals surface area contributed by atoms with Crippen LogP contribution in [0.2, 0.25) is 0 Å². The average molecular weight is 1550 g/mol. The number of phosphoric ester groups is 1. The van der Waals surface area contributed by atoms with Gasteiger partial charge in [0.2, 0.25) is 11.8 Å². The molecular formula is C84H161N3O19P+. The highest BCUT2D eigenvalue weighted by atomic mass is 31.2. The molecule has 0 radical (unpaired) electrons. The van der Waals surface area contributed by atoms with E-state index < -0.39 is 131 Å². The van der Waals surface area contributed by atoms with Gasteiger partial charge < -0.3 is 64.0 Å². The highest BCUT2D eigenvalue weighted by molar-refractivity contribution is 7.46. The van der Waals surface area contributed by atoms with Gasteiger partial charge in [-0.1, -0.05) is 292 Å². The number of rotatable bonds is 73. The number of nitrogens with one attached hydrogen (secondary N) is 3. The Labute approximate surface area is 650 Å². The zero-order valence-corrected chi connectivity index (χ0v) is 70.2. The van der Waals surface area contributed by atoms with Crippen molar-refractivity contribution in [3.05, 3.63) is 0 Å². The largest absolute Gasteiger partial charge is 0.480 e. The highest BCUT2D eigenvalue weighted by Crippen LogP contribution is 2.42. The summed E-state index contributed by atoms with van der Waals surface area (Å²) in [7, 11) is -5.56. The van der Waals surface area contributed by atoms with Crippen molar-refractivity contribution in [3.8, 4) is 0 Å². The number of carboxylic acids is 1. The second-order valence-electron chi connectivity index (χ2n) is 30.3. The van der Waals surface area contributed by atoms with Crippen LogP contribution in [0.4, 0.5) is 0 Å². The van der Waals surface area contributed by atoms with Gasteiger partial charge in [-0.15, -0.1) is 0 Å². The first-order chi connectivity index (χ1) is 51.7. The van der Waals surface area contributed by atoms with E-state index in [9.17, 15) is 58.1 Å². The van der Waals surface area contributed by atoms with Gasteiger partial charge in [-0.3, -0.25) is 33.3 Å². The van der Waals surface area contributed by atoms with Crippen LogP contribution in [0.5, 0.6) is 0 Å². The van der Waals surface area contributed by atoms with Gasteiger partial charge in [-0.05, 0) is 78.6 Å². The molecule has 1 saturated heterocycles. The van der Waals surface area contributed by atoms with Gasteiger partial charge in [-0.25, -0.2) is 9.36 Å². The van der Waals surface area contributed by atoms with Crippen molar-refractivity contribution in [1.82, 2.24) is 10.6 Å². The molecule has 1 aliphatic heterocycles. The summed E-state index contributed by atoms with van der Waals surface area (Å²) in [5.41, 5.74) is 0. The number of aliphatic hydroxyl groups is 1. The number of amides is 2. The molecule has 1 fully saturated rings. The number of aliphatic carboxylic acids is 1. The summed E-state index contributed by atoms with van der Waals surface area (Å²) in [6, 6.07) is -3.59. The van der Waals surface area contributed by atoms with Crippen LogP contribution in [0.1, 0.15) is 409 Å². The fourth-order valence-corrected chi connectivity index (χ4v) is 14.3. The molecule has 0 aromatic carbocycles. The fourth-order valence-electron chi connectivity index (χ4n) is 13.7. The third kappa shape index (κ3) is 59.6. The number of carbonyl (C=O) groups is 7. The van der Waals surface area contributed by atoms with Crippen LogP contribution in [0, 0.1) is 0 Å². The molecule has 2 amide bonds. The maximum atomic E-state index is 14.8. The molecule has 23 heteroatoms. The molecule has 7 N–H and O–H groups in total. The van der Waals surface area contributed by atoms with E-state index in [0.29, 0.717) is 51.4 Å². The molecule has 630 valence electrons. The minimum absolute atomic E-state index is 0.123. The van der Waals surface area contributed by atoms with E-state index in [2.05, 4.69) is 72.9 Å². The number of aliphatic hydroxyl groups excluding tert-OH is 1. The number of unbranched alkanes of at least 4 members (excludes halogenated alkanes) is 39. The fraction of sp³-hybridized carbons (Fsp3) is 0.917. The third-order valence-electron chi connectivity index (χ3n) is 20.4. The Morgan fingerprint density at radius 3 is 1.02 bits per heavy atom. The Hall–Kier alpha value is -3.76. The van der Waals surface area contributed by atoms with E-state index in [1.54, 1.807) is 4.90 Å². The van der Waals surface area contributed by atoms with Crippen molar-refractivity contribution >= 4 is 49.5 Å². The van der Waals surface area contributed by atoms with Crippen LogP contribution < -0.4 is 15.5 Å². The molecule has 0 saturated carbocycles. The van der Waals surface area contributed by atoms with Crippen LogP contribution in [-0.4, -0.2) is 150 Å². The van der Waals surface area contributed by atoms with Crippen LogP contribution in [0.3, 0.4) is 0 Å². The molecule has 1 rings (SSSR count). The predicted molar refractivity (Wildman–Crippen MR) is 426 cm³/mol. The monoisotopic (exact) mass is 1550 g/mol. The summed E-state index contributed by atoms with van der Waals surface area (Å²) >= 11 is 0. The molecule has 9 atom stereocenters. The Balaban J connectivity index is 0.0000152. The van der Waals surface area contributed by atoms with E-state index in [0.717, 1.165) is 205 Å². The van der Waals surface area contributed by atoms with Gasteiger partial charge >= 0.3 is 37.7 Å². The van der Waals surface area contributed by atoms with Crippen molar-refractivity contribution in [1.29, 1.82) is 0 Å². The number of ether oxygens (including phenoxy) is 6. The van der Waals surface area contributed by atoms with Crippen LogP contribution in [0.15, 0.2) is 0 Å². The molecular weight excluding hydrogens is 1390 g/mol. The number of hydrogen-bond donors (Lipinski definition) is 7. The second kappa shape index (κ2) is 71.3. The van der Waals surface area contributed by atoms with Crippen molar-refractivity contribution in [2.24, 2.45) is 0 Å². The van der Waals surface area contributed by atoms with Gasteiger partial charge in [0.25, 0.3) is 0 Å². The lowest BCUT2D eigenvalue weighted by atomic mass is 9.95. The first-order valence-electron chi connectivity index (χ1n) is 43.7. The number of esters is 4. The van der Waals surface area contributed by atoms with E-state index in [-0.39, 0.29) is 32.1 Å². The lowest BCUT2D eigenvalue weighted by Gasteiger charge is -2.45. The van der Waals surface area contributed by atoms with Crippen LogP contribution >= 0.6 is 7.82 Å². The van der Waals surface area contributed by atoms with Crippen molar-refractivity contribution in [2.75, 3.05) is 32.8 Å². The van der Waals surface area contributed by atoms with Gasteiger partial charge in [-0.2, -0.15) is 0 Å². The zero-order chi connectivity index (χ0) is 79.4. The quantitative estimate of drug-likeness (QED) is 0.0129. The van der Waals surface area contributed by atoms with Gasteiger partial charge in [0.15, 0.2) is 18.4 Å². The summed E-state index contributed by atoms with van der Waals surface area (Å²) < 4.78 is 54.7. The molecule has 0 aromatic rings. The molecule has 0 bridgehead atoms. The summed E-state index contributed by atoms with van der Waals surface area (Å²) in [5, 5.41) is 26.9. The smallest absolute Gasteiger partial charge is 0.470 e. The topological polar surface area (TPSA) is 311 Å². The van der Waals surface area contributed by atoms with Crippen molar-refractivity contribution < 1.29 is 96.0 Å².